The lowest BCUT2D eigenvalue weighted by Gasteiger charge is -2.40. The van der Waals surface area contributed by atoms with Gasteiger partial charge in [0.25, 0.3) is 11.8 Å². The van der Waals surface area contributed by atoms with Gasteiger partial charge in [-0.1, -0.05) is 19.3 Å². The maximum absolute atomic E-state index is 13.7. The van der Waals surface area contributed by atoms with E-state index < -0.39 is 5.60 Å². The Labute approximate surface area is 180 Å². The summed E-state index contributed by atoms with van der Waals surface area (Å²) in [4.78, 5) is 30.5. The first-order valence-corrected chi connectivity index (χ1v) is 11.4. The van der Waals surface area contributed by atoms with E-state index in [2.05, 4.69) is 13.8 Å². The van der Waals surface area contributed by atoms with Gasteiger partial charge in [0, 0.05) is 24.2 Å². The second-order valence-electron chi connectivity index (χ2n) is 9.44. The third-order valence-corrected chi connectivity index (χ3v) is 6.30. The third kappa shape index (κ3) is 4.34. The molecule has 2 N–H and O–H groups in total. The van der Waals surface area contributed by atoms with Crippen LogP contribution in [0.3, 0.4) is 0 Å². The van der Waals surface area contributed by atoms with Crippen LogP contribution in [-0.4, -0.2) is 47.5 Å². The normalized spacial score (nSPS) is 18.9. The lowest BCUT2D eigenvalue weighted by Crippen LogP contribution is -2.53. The molecule has 1 aliphatic carbocycles. The maximum atomic E-state index is 13.7. The fourth-order valence-electron chi connectivity index (χ4n) is 4.74. The second kappa shape index (κ2) is 8.96. The summed E-state index contributed by atoms with van der Waals surface area (Å²) in [6.45, 7) is 10.7. The zero-order valence-electron chi connectivity index (χ0n) is 19.2. The molecule has 1 aliphatic heterocycles. The largest absolute Gasteiger partial charge is 0.476 e. The van der Waals surface area contributed by atoms with Crippen LogP contribution in [0, 0.1) is 6.92 Å². The van der Waals surface area contributed by atoms with Crippen molar-refractivity contribution in [1.29, 1.82) is 0 Å². The summed E-state index contributed by atoms with van der Waals surface area (Å²) in [5, 5.41) is 0. The second-order valence-corrected chi connectivity index (χ2v) is 9.44. The third-order valence-electron chi connectivity index (χ3n) is 6.30. The van der Waals surface area contributed by atoms with E-state index in [1.165, 1.54) is 19.3 Å². The molecule has 1 heterocycles. The van der Waals surface area contributed by atoms with Gasteiger partial charge in [-0.05, 0) is 78.1 Å². The molecule has 0 atom stereocenters. The number of nitrogens with zero attached hydrogens (tertiary/aromatic N) is 2. The van der Waals surface area contributed by atoms with Gasteiger partial charge >= 0.3 is 0 Å². The minimum Gasteiger partial charge on any atom is -0.476 e. The van der Waals surface area contributed by atoms with E-state index in [0.29, 0.717) is 36.5 Å². The van der Waals surface area contributed by atoms with Crippen molar-refractivity contribution < 1.29 is 14.3 Å². The lowest BCUT2D eigenvalue weighted by molar-refractivity contribution is -0.132. The summed E-state index contributed by atoms with van der Waals surface area (Å²) in [5.74, 6) is 0.603. The molecule has 0 spiro atoms. The maximum Gasteiger partial charge on any atom is 0.270 e. The fourth-order valence-corrected chi connectivity index (χ4v) is 4.74. The standard InChI is InChI=1S/C24H37N3O3/c1-16(2)27(18-10-7-6-8-11-18)22(28)19-15-20-21(14-17(19)3)30-24(4,5)23(29)26(20)13-9-12-25/h14-16,18H,6-13,25H2,1-5H3. The van der Waals surface area contributed by atoms with Gasteiger partial charge in [0.1, 0.15) is 5.75 Å². The predicted octanol–water partition coefficient (Wildman–Crippen LogP) is 4.03. The highest BCUT2D eigenvalue weighted by atomic mass is 16.5. The van der Waals surface area contributed by atoms with Crippen LogP contribution in [0.25, 0.3) is 0 Å². The number of hydrogen-bond acceptors (Lipinski definition) is 4. The van der Waals surface area contributed by atoms with Crippen LogP contribution < -0.4 is 15.4 Å². The summed E-state index contributed by atoms with van der Waals surface area (Å²) >= 11 is 0. The molecule has 0 radical (unpaired) electrons. The summed E-state index contributed by atoms with van der Waals surface area (Å²) in [5.41, 5.74) is 6.98. The zero-order chi connectivity index (χ0) is 22.1. The number of ether oxygens (including phenoxy) is 1. The minimum atomic E-state index is -0.939. The van der Waals surface area contributed by atoms with E-state index in [9.17, 15) is 9.59 Å². The van der Waals surface area contributed by atoms with Crippen molar-refractivity contribution in [1.82, 2.24) is 4.90 Å². The summed E-state index contributed by atoms with van der Waals surface area (Å²) < 4.78 is 6.03. The molecule has 1 fully saturated rings. The van der Waals surface area contributed by atoms with Gasteiger partial charge < -0.3 is 20.3 Å². The first kappa shape index (κ1) is 22.6. The Hall–Kier alpha value is -2.08. The van der Waals surface area contributed by atoms with Crippen LogP contribution in [0.4, 0.5) is 5.69 Å². The molecule has 0 saturated heterocycles. The van der Waals surface area contributed by atoms with Gasteiger partial charge in [-0.25, -0.2) is 0 Å². The number of amides is 2. The SMILES string of the molecule is Cc1cc2c(cc1C(=O)N(C(C)C)C1CCCCC1)N(CCCN)C(=O)C(C)(C)O2. The average molecular weight is 416 g/mol. The van der Waals surface area contributed by atoms with Crippen LogP contribution in [0.15, 0.2) is 12.1 Å². The molecule has 1 aromatic rings. The van der Waals surface area contributed by atoms with E-state index in [4.69, 9.17) is 10.5 Å². The van der Waals surface area contributed by atoms with Gasteiger partial charge in [0.05, 0.1) is 5.69 Å². The van der Waals surface area contributed by atoms with E-state index in [-0.39, 0.29) is 23.9 Å². The van der Waals surface area contributed by atoms with Crippen molar-refractivity contribution in [2.24, 2.45) is 5.73 Å². The number of nitrogens with two attached hydrogens (primary N) is 1. The number of anilines is 1. The molecular weight excluding hydrogens is 378 g/mol. The highest BCUT2D eigenvalue weighted by molar-refractivity contribution is 6.05. The van der Waals surface area contributed by atoms with E-state index in [0.717, 1.165) is 18.4 Å². The molecule has 6 nitrogen and oxygen atoms in total. The molecule has 166 valence electrons. The van der Waals surface area contributed by atoms with Crippen LogP contribution in [0.5, 0.6) is 5.75 Å². The number of carbonyl (C=O) groups excluding carboxylic acids is 2. The van der Waals surface area contributed by atoms with Gasteiger partial charge in [-0.3, -0.25) is 9.59 Å². The van der Waals surface area contributed by atoms with Crippen molar-refractivity contribution in [2.75, 3.05) is 18.0 Å². The van der Waals surface area contributed by atoms with Gasteiger partial charge in [0.2, 0.25) is 0 Å². The molecular formula is C24H37N3O3. The highest BCUT2D eigenvalue weighted by Crippen LogP contribution is 2.40. The molecule has 0 bridgehead atoms. The summed E-state index contributed by atoms with van der Waals surface area (Å²) in [7, 11) is 0. The summed E-state index contributed by atoms with van der Waals surface area (Å²) in [6, 6.07) is 4.17. The molecule has 6 heteroatoms. The van der Waals surface area contributed by atoms with Crippen molar-refractivity contribution in [3.05, 3.63) is 23.3 Å². The smallest absolute Gasteiger partial charge is 0.270 e. The quantitative estimate of drug-likeness (QED) is 0.761. The molecule has 1 aromatic carbocycles. The van der Waals surface area contributed by atoms with Gasteiger partial charge in [-0.2, -0.15) is 0 Å². The number of benzene rings is 1. The predicted molar refractivity (Wildman–Crippen MR) is 120 cm³/mol. The molecule has 2 amide bonds. The van der Waals surface area contributed by atoms with Crippen molar-refractivity contribution >= 4 is 17.5 Å². The van der Waals surface area contributed by atoms with E-state index in [1.54, 1.807) is 18.7 Å². The molecule has 3 rings (SSSR count). The van der Waals surface area contributed by atoms with Crippen LogP contribution in [0.1, 0.15) is 82.1 Å². The molecule has 0 aromatic heterocycles. The van der Waals surface area contributed by atoms with Gasteiger partial charge in [-0.15, -0.1) is 0 Å². The molecule has 1 saturated carbocycles. The first-order valence-electron chi connectivity index (χ1n) is 11.4. The highest BCUT2D eigenvalue weighted by Gasteiger charge is 2.41. The van der Waals surface area contributed by atoms with Crippen LogP contribution >= 0.6 is 0 Å². The Morgan fingerprint density at radius 3 is 2.53 bits per heavy atom. The Kier molecular flexibility index (Phi) is 6.75. The first-order chi connectivity index (χ1) is 14.2. The van der Waals surface area contributed by atoms with Crippen molar-refractivity contribution in [3.63, 3.8) is 0 Å². The Balaban J connectivity index is 2.01. The van der Waals surface area contributed by atoms with Gasteiger partial charge in [0.15, 0.2) is 5.60 Å². The average Bonchev–Trinajstić information content (AvgIpc) is 2.68. The number of rotatable bonds is 6. The van der Waals surface area contributed by atoms with Crippen LogP contribution in [-0.2, 0) is 4.79 Å². The Morgan fingerprint density at radius 2 is 1.93 bits per heavy atom. The van der Waals surface area contributed by atoms with Crippen molar-refractivity contribution in [2.45, 2.75) is 90.8 Å². The monoisotopic (exact) mass is 415 g/mol. The molecule has 30 heavy (non-hydrogen) atoms. The zero-order valence-corrected chi connectivity index (χ0v) is 19.2. The van der Waals surface area contributed by atoms with Crippen molar-refractivity contribution in [3.8, 4) is 5.75 Å². The van der Waals surface area contributed by atoms with Crippen LogP contribution in [0.2, 0.25) is 0 Å². The number of hydrogen-bond donors (Lipinski definition) is 1. The minimum absolute atomic E-state index is 0.0493. The number of aryl methyl sites for hydroxylation is 1. The van der Waals surface area contributed by atoms with E-state index in [1.807, 2.05) is 24.0 Å². The Bertz CT molecular complexity index is 797. The fraction of sp³-hybridized carbons (Fsp3) is 0.667. The molecule has 2 aliphatic rings. The number of fused-ring (bicyclic) bond motifs is 1. The molecule has 0 unspecified atom stereocenters. The van der Waals surface area contributed by atoms with E-state index >= 15 is 0 Å². The topological polar surface area (TPSA) is 75.9 Å². The number of carbonyl (C=O) groups is 2. The Morgan fingerprint density at radius 1 is 1.27 bits per heavy atom. The summed E-state index contributed by atoms with van der Waals surface area (Å²) in [6.07, 6.45) is 6.42. The lowest BCUT2D eigenvalue weighted by atomic mass is 9.92.